The molecule has 1 atom stereocenters. The predicted molar refractivity (Wildman–Crippen MR) is 129 cm³/mol. The third kappa shape index (κ3) is 7.11. The summed E-state index contributed by atoms with van der Waals surface area (Å²) in [7, 11) is 3.42. The summed E-state index contributed by atoms with van der Waals surface area (Å²) in [6.07, 6.45) is -0.641. The molecule has 0 aliphatic heterocycles. The van der Waals surface area contributed by atoms with Crippen LogP contribution in [0.1, 0.15) is 19.4 Å². The first-order valence-corrected chi connectivity index (χ1v) is 11.4. The molecule has 3 rings (SSSR count). The van der Waals surface area contributed by atoms with Crippen LogP contribution in [0.4, 0.5) is 4.39 Å². The van der Waals surface area contributed by atoms with Crippen LogP contribution in [-0.4, -0.2) is 65.4 Å². The fraction of sp³-hybridized carbons (Fsp3) is 0.423. The standard InChI is InChI=1S/C26H34FN3O4/c1-19(2)33-18-21(31)16-30(14-15-32-4)17-22-25(20-10-6-5-7-11-20)28-29(3)26(22)34-24-13-9-8-12-23(24)27/h5-13,19,21,31H,14-18H2,1-4H3/t21-/m1/s1. The van der Waals surface area contributed by atoms with E-state index in [1.807, 2.05) is 44.2 Å². The largest absolute Gasteiger partial charge is 0.436 e. The zero-order chi connectivity index (χ0) is 24.5. The van der Waals surface area contributed by atoms with Gasteiger partial charge in [0.05, 0.1) is 31.0 Å². The van der Waals surface area contributed by atoms with Crippen molar-refractivity contribution in [3.8, 4) is 22.9 Å². The van der Waals surface area contributed by atoms with Crippen molar-refractivity contribution in [2.45, 2.75) is 32.6 Å². The van der Waals surface area contributed by atoms with E-state index in [0.717, 1.165) is 16.8 Å². The van der Waals surface area contributed by atoms with Gasteiger partial charge < -0.3 is 19.3 Å². The molecule has 34 heavy (non-hydrogen) atoms. The molecular weight excluding hydrogens is 437 g/mol. The van der Waals surface area contributed by atoms with Crippen molar-refractivity contribution >= 4 is 0 Å². The highest BCUT2D eigenvalue weighted by molar-refractivity contribution is 5.65. The molecule has 0 saturated heterocycles. The number of halogens is 1. The number of aliphatic hydroxyl groups is 1. The van der Waals surface area contributed by atoms with E-state index in [1.165, 1.54) is 6.07 Å². The van der Waals surface area contributed by atoms with Gasteiger partial charge in [0.1, 0.15) is 5.69 Å². The molecule has 7 nitrogen and oxygen atoms in total. The lowest BCUT2D eigenvalue weighted by molar-refractivity contribution is -0.0121. The second-order valence-corrected chi connectivity index (χ2v) is 8.42. The van der Waals surface area contributed by atoms with Gasteiger partial charge in [0.25, 0.3) is 0 Å². The highest BCUT2D eigenvalue weighted by Crippen LogP contribution is 2.34. The van der Waals surface area contributed by atoms with E-state index in [0.29, 0.717) is 32.1 Å². The molecule has 3 aromatic rings. The Kier molecular flexibility index (Phi) is 9.59. The van der Waals surface area contributed by atoms with E-state index in [2.05, 4.69) is 4.90 Å². The molecule has 8 heteroatoms. The third-order valence-corrected chi connectivity index (χ3v) is 5.26. The Morgan fingerprint density at radius 2 is 1.79 bits per heavy atom. The summed E-state index contributed by atoms with van der Waals surface area (Å²) in [5, 5.41) is 15.3. The Balaban J connectivity index is 1.95. The molecule has 2 aromatic carbocycles. The molecule has 1 aromatic heterocycles. The molecule has 0 aliphatic carbocycles. The van der Waals surface area contributed by atoms with Gasteiger partial charge in [-0.3, -0.25) is 4.90 Å². The van der Waals surface area contributed by atoms with E-state index in [1.54, 1.807) is 37.0 Å². The lowest BCUT2D eigenvalue weighted by Crippen LogP contribution is -2.37. The molecule has 0 unspecified atom stereocenters. The average molecular weight is 472 g/mol. The van der Waals surface area contributed by atoms with Crippen molar-refractivity contribution in [2.75, 3.05) is 33.4 Å². The monoisotopic (exact) mass is 471 g/mol. The fourth-order valence-electron chi connectivity index (χ4n) is 3.62. The average Bonchev–Trinajstić information content (AvgIpc) is 3.13. The second kappa shape index (κ2) is 12.6. The van der Waals surface area contributed by atoms with Crippen LogP contribution in [0.15, 0.2) is 54.6 Å². The van der Waals surface area contributed by atoms with Gasteiger partial charge in [-0.25, -0.2) is 9.07 Å². The number of ether oxygens (including phenoxy) is 3. The van der Waals surface area contributed by atoms with Crippen molar-refractivity contribution in [2.24, 2.45) is 7.05 Å². The Hall–Kier alpha value is -2.78. The topological polar surface area (TPSA) is 69.0 Å². The van der Waals surface area contributed by atoms with Crippen LogP contribution >= 0.6 is 0 Å². The molecule has 1 heterocycles. The first kappa shape index (κ1) is 25.8. The Morgan fingerprint density at radius 1 is 1.09 bits per heavy atom. The molecule has 0 spiro atoms. The summed E-state index contributed by atoms with van der Waals surface area (Å²) in [5.74, 6) is 0.118. The highest BCUT2D eigenvalue weighted by atomic mass is 19.1. The Bertz CT molecular complexity index is 1030. The summed E-state index contributed by atoms with van der Waals surface area (Å²) in [5.41, 5.74) is 2.46. The van der Waals surface area contributed by atoms with Crippen LogP contribution in [-0.2, 0) is 23.1 Å². The van der Waals surface area contributed by atoms with Crippen molar-refractivity contribution in [3.63, 3.8) is 0 Å². The summed E-state index contributed by atoms with van der Waals surface area (Å²) >= 11 is 0. The predicted octanol–water partition coefficient (Wildman–Crippen LogP) is 4.25. The third-order valence-electron chi connectivity index (χ3n) is 5.26. The highest BCUT2D eigenvalue weighted by Gasteiger charge is 2.24. The number of para-hydroxylation sites is 1. The zero-order valence-electron chi connectivity index (χ0n) is 20.3. The SMILES string of the molecule is COCCN(Cc1c(-c2ccccc2)nn(C)c1Oc1ccccc1F)C[C@@H](O)COC(C)C. The number of aryl methyl sites for hydroxylation is 1. The van der Waals surface area contributed by atoms with Gasteiger partial charge in [-0.15, -0.1) is 0 Å². The molecule has 0 amide bonds. The summed E-state index contributed by atoms with van der Waals surface area (Å²) in [6.45, 7) is 5.97. The van der Waals surface area contributed by atoms with Gasteiger partial charge in [0.2, 0.25) is 5.88 Å². The maximum absolute atomic E-state index is 14.4. The fourth-order valence-corrected chi connectivity index (χ4v) is 3.62. The number of methoxy groups -OCH3 is 1. The number of aromatic nitrogens is 2. The number of aliphatic hydroxyl groups excluding tert-OH is 1. The summed E-state index contributed by atoms with van der Waals surface area (Å²) in [6, 6.07) is 16.1. The number of hydrogen-bond acceptors (Lipinski definition) is 6. The summed E-state index contributed by atoms with van der Waals surface area (Å²) in [4.78, 5) is 2.06. The van der Waals surface area contributed by atoms with E-state index < -0.39 is 11.9 Å². The molecule has 184 valence electrons. The normalized spacial score (nSPS) is 12.5. The van der Waals surface area contributed by atoms with Gasteiger partial charge in [-0.05, 0) is 26.0 Å². The van der Waals surface area contributed by atoms with Crippen molar-refractivity contribution < 1.29 is 23.7 Å². The quantitative estimate of drug-likeness (QED) is 0.402. The first-order valence-electron chi connectivity index (χ1n) is 11.4. The van der Waals surface area contributed by atoms with Crippen molar-refractivity contribution in [3.05, 3.63) is 66.0 Å². The minimum atomic E-state index is -0.674. The van der Waals surface area contributed by atoms with Crippen LogP contribution < -0.4 is 4.74 Å². The molecule has 1 N–H and O–H groups in total. The van der Waals surface area contributed by atoms with Crippen molar-refractivity contribution in [1.29, 1.82) is 0 Å². The molecule has 0 bridgehead atoms. The van der Waals surface area contributed by atoms with E-state index in [4.69, 9.17) is 19.3 Å². The summed E-state index contributed by atoms with van der Waals surface area (Å²) < 4.78 is 32.9. The number of rotatable bonds is 13. The van der Waals surface area contributed by atoms with Gasteiger partial charge in [0.15, 0.2) is 11.6 Å². The molecular formula is C26H34FN3O4. The number of benzene rings is 2. The van der Waals surface area contributed by atoms with Gasteiger partial charge in [-0.1, -0.05) is 42.5 Å². The van der Waals surface area contributed by atoms with Gasteiger partial charge in [0, 0.05) is 39.4 Å². The maximum Gasteiger partial charge on any atom is 0.222 e. The Labute approximate surface area is 200 Å². The van der Waals surface area contributed by atoms with Crippen LogP contribution in [0.5, 0.6) is 11.6 Å². The Morgan fingerprint density at radius 3 is 2.47 bits per heavy atom. The van der Waals surface area contributed by atoms with E-state index in [9.17, 15) is 9.50 Å². The second-order valence-electron chi connectivity index (χ2n) is 8.42. The molecule has 0 fully saturated rings. The lowest BCUT2D eigenvalue weighted by atomic mass is 10.1. The van der Waals surface area contributed by atoms with Crippen molar-refractivity contribution in [1.82, 2.24) is 14.7 Å². The lowest BCUT2D eigenvalue weighted by Gasteiger charge is -2.25. The van der Waals surface area contributed by atoms with Gasteiger partial charge in [-0.2, -0.15) is 5.10 Å². The number of nitrogens with zero attached hydrogens (tertiary/aromatic N) is 3. The van der Waals surface area contributed by atoms with Crippen LogP contribution in [0.3, 0.4) is 0 Å². The zero-order valence-corrected chi connectivity index (χ0v) is 20.3. The maximum atomic E-state index is 14.4. The van der Waals surface area contributed by atoms with Crippen LogP contribution in [0, 0.1) is 5.82 Å². The smallest absolute Gasteiger partial charge is 0.222 e. The minimum Gasteiger partial charge on any atom is -0.436 e. The van der Waals surface area contributed by atoms with Gasteiger partial charge >= 0.3 is 0 Å². The van der Waals surface area contributed by atoms with E-state index in [-0.39, 0.29) is 18.5 Å². The number of hydrogen-bond donors (Lipinski definition) is 1. The first-order chi connectivity index (χ1) is 16.4. The van der Waals surface area contributed by atoms with E-state index >= 15 is 0 Å². The van der Waals surface area contributed by atoms with Crippen LogP contribution in [0.2, 0.25) is 0 Å². The molecule has 0 radical (unpaired) electrons. The molecule has 0 aliphatic rings. The van der Waals surface area contributed by atoms with Crippen LogP contribution in [0.25, 0.3) is 11.3 Å². The minimum absolute atomic E-state index is 0.0332. The molecule has 0 saturated carbocycles.